The van der Waals surface area contributed by atoms with E-state index in [1.165, 1.54) is 34.9 Å². The van der Waals surface area contributed by atoms with Gasteiger partial charge in [-0.25, -0.2) is 8.78 Å². The van der Waals surface area contributed by atoms with Crippen molar-refractivity contribution in [2.45, 2.75) is 12.3 Å². The number of aryl methyl sites for hydroxylation is 1. The highest BCUT2D eigenvalue weighted by Crippen LogP contribution is 2.45. The van der Waals surface area contributed by atoms with Crippen LogP contribution in [0.25, 0.3) is 0 Å². The first-order chi connectivity index (χ1) is 10.5. The summed E-state index contributed by atoms with van der Waals surface area (Å²) in [6, 6.07) is 8.94. The van der Waals surface area contributed by atoms with Gasteiger partial charge in [-0.2, -0.15) is 0 Å². The first kappa shape index (κ1) is 15.3. The number of nitrogens with zero attached hydrogens (tertiary/aromatic N) is 1. The first-order valence-corrected chi connectivity index (χ1v) is 8.05. The van der Waals surface area contributed by atoms with E-state index in [0.29, 0.717) is 11.3 Å². The summed E-state index contributed by atoms with van der Waals surface area (Å²) in [5.41, 5.74) is 1.15. The number of carbonyl (C=O) groups excluding carboxylic acids is 1. The third-order valence-corrected chi connectivity index (χ3v) is 5.05. The van der Waals surface area contributed by atoms with Crippen molar-refractivity contribution in [1.29, 1.82) is 0 Å². The third kappa shape index (κ3) is 2.59. The highest BCUT2D eigenvalue weighted by molar-refractivity contribution is 8.00. The molecule has 0 unspecified atom stereocenters. The molecule has 1 aliphatic heterocycles. The molecule has 0 saturated carbocycles. The molecule has 1 atom stereocenters. The monoisotopic (exact) mass is 339 g/mol. The predicted octanol–water partition coefficient (Wildman–Crippen LogP) is 4.71. The third-order valence-electron chi connectivity index (χ3n) is 3.55. The Balaban J connectivity index is 2.08. The van der Waals surface area contributed by atoms with E-state index < -0.39 is 17.0 Å². The summed E-state index contributed by atoms with van der Waals surface area (Å²) in [6.45, 7) is 1.64. The summed E-state index contributed by atoms with van der Waals surface area (Å²) in [6.07, 6.45) is 0. The number of halogens is 3. The van der Waals surface area contributed by atoms with Gasteiger partial charge in [0.25, 0.3) is 0 Å². The molecule has 22 heavy (non-hydrogen) atoms. The summed E-state index contributed by atoms with van der Waals surface area (Å²) < 4.78 is 28.0. The van der Waals surface area contributed by atoms with Gasteiger partial charge in [-0.3, -0.25) is 9.69 Å². The van der Waals surface area contributed by atoms with Gasteiger partial charge in [0.05, 0.1) is 5.75 Å². The van der Waals surface area contributed by atoms with Crippen LogP contribution in [0.15, 0.2) is 36.4 Å². The van der Waals surface area contributed by atoms with Crippen molar-refractivity contribution >= 4 is 35.0 Å². The van der Waals surface area contributed by atoms with Crippen LogP contribution in [0.3, 0.4) is 0 Å². The van der Waals surface area contributed by atoms with Crippen LogP contribution in [0, 0.1) is 18.6 Å². The zero-order valence-electron chi connectivity index (χ0n) is 11.6. The summed E-state index contributed by atoms with van der Waals surface area (Å²) in [5, 5.41) is -0.340. The minimum absolute atomic E-state index is 0.197. The Morgan fingerprint density at radius 1 is 1.23 bits per heavy atom. The van der Waals surface area contributed by atoms with E-state index in [2.05, 4.69) is 0 Å². The van der Waals surface area contributed by atoms with Gasteiger partial charge in [-0.1, -0.05) is 23.7 Å². The SMILES string of the molecule is Cc1ccc(N2C(=O)CS[C@H]2c2c(F)cccc2Cl)cc1F. The molecule has 0 aromatic heterocycles. The molecule has 114 valence electrons. The van der Waals surface area contributed by atoms with Crippen molar-refractivity contribution in [2.75, 3.05) is 10.7 Å². The molecule has 1 fully saturated rings. The summed E-state index contributed by atoms with van der Waals surface area (Å²) in [7, 11) is 0. The molecule has 0 aliphatic carbocycles. The predicted molar refractivity (Wildman–Crippen MR) is 85.2 cm³/mol. The fourth-order valence-corrected chi connectivity index (χ4v) is 3.96. The van der Waals surface area contributed by atoms with Crippen LogP contribution >= 0.6 is 23.4 Å². The minimum atomic E-state index is -0.594. The zero-order chi connectivity index (χ0) is 15.9. The Morgan fingerprint density at radius 2 is 2.00 bits per heavy atom. The van der Waals surface area contributed by atoms with Crippen LogP contribution in [0.5, 0.6) is 0 Å². The summed E-state index contributed by atoms with van der Waals surface area (Å²) in [4.78, 5) is 13.6. The molecule has 0 radical (unpaired) electrons. The van der Waals surface area contributed by atoms with E-state index in [1.54, 1.807) is 25.1 Å². The maximum atomic E-state index is 14.2. The lowest BCUT2D eigenvalue weighted by molar-refractivity contribution is -0.115. The van der Waals surface area contributed by atoms with E-state index in [9.17, 15) is 13.6 Å². The Bertz CT molecular complexity index is 733. The number of hydrogen-bond donors (Lipinski definition) is 0. The molecule has 0 bridgehead atoms. The van der Waals surface area contributed by atoms with Gasteiger partial charge in [-0.15, -0.1) is 11.8 Å². The van der Waals surface area contributed by atoms with E-state index in [4.69, 9.17) is 11.6 Å². The minimum Gasteiger partial charge on any atom is -0.295 e. The van der Waals surface area contributed by atoms with E-state index in [-0.39, 0.29) is 22.2 Å². The molecule has 0 spiro atoms. The average Bonchev–Trinajstić information content (AvgIpc) is 2.84. The second-order valence-electron chi connectivity index (χ2n) is 5.00. The molecular weight excluding hydrogens is 328 g/mol. The number of carbonyl (C=O) groups is 1. The van der Waals surface area contributed by atoms with Crippen molar-refractivity contribution in [3.05, 3.63) is 64.2 Å². The van der Waals surface area contributed by atoms with Crippen molar-refractivity contribution < 1.29 is 13.6 Å². The lowest BCUT2D eigenvalue weighted by Gasteiger charge is -2.25. The topological polar surface area (TPSA) is 20.3 Å². The second kappa shape index (κ2) is 5.89. The van der Waals surface area contributed by atoms with Gasteiger partial charge in [0.15, 0.2) is 0 Å². The molecule has 1 saturated heterocycles. The van der Waals surface area contributed by atoms with Crippen LogP contribution in [0.1, 0.15) is 16.5 Å². The van der Waals surface area contributed by atoms with Gasteiger partial charge < -0.3 is 0 Å². The maximum absolute atomic E-state index is 14.2. The summed E-state index contributed by atoms with van der Waals surface area (Å²) >= 11 is 7.38. The maximum Gasteiger partial charge on any atom is 0.238 e. The van der Waals surface area contributed by atoms with Crippen molar-refractivity contribution in [2.24, 2.45) is 0 Å². The number of rotatable bonds is 2. The normalized spacial score (nSPS) is 18.1. The second-order valence-corrected chi connectivity index (χ2v) is 6.47. The van der Waals surface area contributed by atoms with E-state index in [0.717, 1.165) is 0 Å². The number of anilines is 1. The molecule has 1 amide bonds. The van der Waals surface area contributed by atoms with Crippen LogP contribution in [0.4, 0.5) is 14.5 Å². The molecular formula is C16H12ClF2NOS. The number of hydrogen-bond acceptors (Lipinski definition) is 2. The van der Waals surface area contributed by atoms with Crippen LogP contribution < -0.4 is 4.90 Å². The van der Waals surface area contributed by atoms with Crippen molar-refractivity contribution in [3.8, 4) is 0 Å². The molecule has 1 aliphatic rings. The van der Waals surface area contributed by atoms with Gasteiger partial charge in [-0.05, 0) is 36.8 Å². The molecule has 2 aromatic carbocycles. The lowest BCUT2D eigenvalue weighted by Crippen LogP contribution is -2.28. The van der Waals surface area contributed by atoms with Crippen LogP contribution in [-0.4, -0.2) is 11.7 Å². The smallest absolute Gasteiger partial charge is 0.238 e. The Morgan fingerprint density at radius 3 is 2.68 bits per heavy atom. The van der Waals surface area contributed by atoms with Gasteiger partial charge >= 0.3 is 0 Å². The van der Waals surface area contributed by atoms with Gasteiger partial charge in [0.2, 0.25) is 5.91 Å². The fraction of sp³-hybridized carbons (Fsp3) is 0.188. The van der Waals surface area contributed by atoms with Gasteiger partial charge in [0, 0.05) is 16.3 Å². The molecule has 3 rings (SSSR count). The van der Waals surface area contributed by atoms with Gasteiger partial charge in [0.1, 0.15) is 17.0 Å². The van der Waals surface area contributed by atoms with Crippen LogP contribution in [0.2, 0.25) is 5.02 Å². The Labute approximate surface area is 136 Å². The molecule has 2 aromatic rings. The van der Waals surface area contributed by atoms with Crippen LogP contribution in [-0.2, 0) is 4.79 Å². The number of benzene rings is 2. The average molecular weight is 340 g/mol. The lowest BCUT2D eigenvalue weighted by atomic mass is 10.1. The van der Waals surface area contributed by atoms with E-state index in [1.807, 2.05) is 0 Å². The Kier molecular flexibility index (Phi) is 4.10. The highest BCUT2D eigenvalue weighted by atomic mass is 35.5. The van der Waals surface area contributed by atoms with E-state index >= 15 is 0 Å². The fourth-order valence-electron chi connectivity index (χ4n) is 2.40. The zero-order valence-corrected chi connectivity index (χ0v) is 13.2. The largest absolute Gasteiger partial charge is 0.295 e. The Hall–Kier alpha value is -1.59. The molecule has 2 nitrogen and oxygen atoms in total. The molecule has 0 N–H and O–H groups in total. The number of amides is 1. The molecule has 1 heterocycles. The van der Waals surface area contributed by atoms with Crippen molar-refractivity contribution in [1.82, 2.24) is 0 Å². The standard InChI is InChI=1S/C16H12ClF2NOS/c1-9-5-6-10(7-13(9)19)20-14(21)8-22-16(20)15-11(17)3-2-4-12(15)18/h2-7,16H,8H2,1H3/t16-/m0/s1. The van der Waals surface area contributed by atoms with Crippen molar-refractivity contribution in [3.63, 3.8) is 0 Å². The number of thioether (sulfide) groups is 1. The quantitative estimate of drug-likeness (QED) is 0.790. The highest BCUT2D eigenvalue weighted by Gasteiger charge is 2.37. The summed E-state index contributed by atoms with van der Waals surface area (Å²) in [5.74, 6) is -0.874. The molecule has 6 heteroatoms. The first-order valence-electron chi connectivity index (χ1n) is 6.63.